The highest BCUT2D eigenvalue weighted by molar-refractivity contribution is 7.89. The highest BCUT2D eigenvalue weighted by Crippen LogP contribution is 2.31. The van der Waals surface area contributed by atoms with Gasteiger partial charge in [-0.3, -0.25) is 0 Å². The highest BCUT2D eigenvalue weighted by atomic mass is 32.2. The molecule has 21 heavy (non-hydrogen) atoms. The van der Waals surface area contributed by atoms with Crippen LogP contribution in [0.2, 0.25) is 0 Å². The third-order valence-corrected chi connectivity index (χ3v) is 5.47. The van der Waals surface area contributed by atoms with Gasteiger partial charge in [0.2, 0.25) is 10.0 Å². The van der Waals surface area contributed by atoms with Crippen LogP contribution >= 0.6 is 0 Å². The Hall–Kier alpha value is -1.42. The third-order valence-electron chi connectivity index (χ3n) is 4.07. The molecule has 5 nitrogen and oxygen atoms in total. The molecule has 0 heterocycles. The number of hydrogen-bond acceptors (Lipinski definition) is 4. The van der Waals surface area contributed by atoms with Crippen molar-refractivity contribution in [3.8, 4) is 6.07 Å². The lowest BCUT2D eigenvalue weighted by atomic mass is 9.80. The molecule has 0 bridgehead atoms. The first-order chi connectivity index (χ1) is 9.85. The average Bonchev–Trinajstić information content (AvgIpc) is 2.49. The van der Waals surface area contributed by atoms with Gasteiger partial charge in [0.1, 0.15) is 0 Å². The first-order valence-corrected chi connectivity index (χ1v) is 8.55. The summed E-state index contributed by atoms with van der Waals surface area (Å²) in [7, 11) is -3.71. The fourth-order valence-corrected chi connectivity index (χ4v) is 3.69. The van der Waals surface area contributed by atoms with Crippen LogP contribution < -0.4 is 4.72 Å². The zero-order valence-corrected chi connectivity index (χ0v) is 12.9. The van der Waals surface area contributed by atoms with Crippen LogP contribution in [-0.4, -0.2) is 25.7 Å². The second-order valence-electron chi connectivity index (χ2n) is 5.87. The summed E-state index contributed by atoms with van der Waals surface area (Å²) in [6.45, 7) is 2.15. The summed E-state index contributed by atoms with van der Waals surface area (Å²) in [5.74, 6) is 0.578. The van der Waals surface area contributed by atoms with Crippen molar-refractivity contribution in [2.45, 2.75) is 43.1 Å². The van der Waals surface area contributed by atoms with Crippen LogP contribution in [0.1, 0.15) is 38.2 Å². The highest BCUT2D eigenvalue weighted by Gasteiger charge is 2.33. The van der Waals surface area contributed by atoms with E-state index in [1.54, 1.807) is 6.07 Å². The smallest absolute Gasteiger partial charge is 0.240 e. The molecule has 1 aliphatic carbocycles. The molecular weight excluding hydrogens is 288 g/mol. The molecule has 114 valence electrons. The standard InChI is InChI=1S/C15H20N2O3S/c1-12-5-7-15(18,8-6-12)11-17-21(19,20)14-4-2-3-13(9-14)10-16/h2-4,9,12,17-18H,5-8,11H2,1H3. The number of nitrogens with one attached hydrogen (secondary N) is 1. The van der Waals surface area contributed by atoms with E-state index in [2.05, 4.69) is 11.6 Å². The molecule has 2 rings (SSSR count). The van der Waals surface area contributed by atoms with Crippen molar-refractivity contribution in [2.75, 3.05) is 6.54 Å². The molecule has 0 unspecified atom stereocenters. The number of aliphatic hydroxyl groups is 1. The Kier molecular flexibility index (Phi) is 4.67. The van der Waals surface area contributed by atoms with Crippen molar-refractivity contribution in [3.05, 3.63) is 29.8 Å². The van der Waals surface area contributed by atoms with E-state index in [0.717, 1.165) is 12.8 Å². The van der Waals surface area contributed by atoms with Gasteiger partial charge in [0.25, 0.3) is 0 Å². The lowest BCUT2D eigenvalue weighted by molar-refractivity contribution is -0.00182. The Morgan fingerprint density at radius 1 is 1.43 bits per heavy atom. The molecule has 1 aliphatic rings. The van der Waals surface area contributed by atoms with E-state index in [1.165, 1.54) is 18.2 Å². The zero-order valence-electron chi connectivity index (χ0n) is 12.0. The Balaban J connectivity index is 2.06. The van der Waals surface area contributed by atoms with Gasteiger partial charge in [-0.15, -0.1) is 0 Å². The summed E-state index contributed by atoms with van der Waals surface area (Å²) in [6, 6.07) is 7.77. The maximum absolute atomic E-state index is 12.2. The second kappa shape index (κ2) is 6.14. The minimum Gasteiger partial charge on any atom is -0.389 e. The largest absolute Gasteiger partial charge is 0.389 e. The summed E-state index contributed by atoms with van der Waals surface area (Å²) in [5, 5.41) is 19.2. The van der Waals surface area contributed by atoms with Gasteiger partial charge in [-0.1, -0.05) is 13.0 Å². The van der Waals surface area contributed by atoms with Crippen molar-refractivity contribution in [1.29, 1.82) is 5.26 Å². The Morgan fingerprint density at radius 3 is 2.71 bits per heavy atom. The van der Waals surface area contributed by atoms with Crippen LogP contribution in [0.5, 0.6) is 0 Å². The molecule has 6 heteroatoms. The van der Waals surface area contributed by atoms with E-state index in [1.807, 2.05) is 6.07 Å². The van der Waals surface area contributed by atoms with Gasteiger partial charge in [-0.25, -0.2) is 13.1 Å². The molecule has 0 aliphatic heterocycles. The molecule has 0 aromatic heterocycles. The Bertz CT molecular complexity index is 641. The second-order valence-corrected chi connectivity index (χ2v) is 7.64. The Morgan fingerprint density at radius 2 is 2.10 bits per heavy atom. The third kappa shape index (κ3) is 4.03. The first kappa shape index (κ1) is 16.0. The van der Waals surface area contributed by atoms with Crippen LogP contribution in [-0.2, 0) is 10.0 Å². The van der Waals surface area contributed by atoms with Crippen LogP contribution in [0.15, 0.2) is 29.2 Å². The van der Waals surface area contributed by atoms with Crippen molar-refractivity contribution in [3.63, 3.8) is 0 Å². The summed E-state index contributed by atoms with van der Waals surface area (Å²) in [4.78, 5) is 0.0503. The topological polar surface area (TPSA) is 90.2 Å². The maximum atomic E-state index is 12.2. The normalized spacial score (nSPS) is 26.2. The van der Waals surface area contributed by atoms with E-state index >= 15 is 0 Å². The van der Waals surface area contributed by atoms with Gasteiger partial charge in [-0.05, 0) is 49.8 Å². The lowest BCUT2D eigenvalue weighted by Crippen LogP contribution is -2.45. The van der Waals surface area contributed by atoms with Gasteiger partial charge < -0.3 is 5.11 Å². The SMILES string of the molecule is CC1CCC(O)(CNS(=O)(=O)c2cccc(C#N)c2)CC1. The fraction of sp³-hybridized carbons (Fsp3) is 0.533. The minimum absolute atomic E-state index is 0.0127. The van der Waals surface area contributed by atoms with Gasteiger partial charge in [0.15, 0.2) is 0 Å². The van der Waals surface area contributed by atoms with E-state index < -0.39 is 15.6 Å². The molecule has 0 radical (unpaired) electrons. The quantitative estimate of drug-likeness (QED) is 0.887. The molecule has 1 saturated carbocycles. The van der Waals surface area contributed by atoms with Gasteiger partial charge in [0.05, 0.1) is 22.1 Å². The van der Waals surface area contributed by atoms with Gasteiger partial charge in [0, 0.05) is 6.54 Å². The van der Waals surface area contributed by atoms with E-state index in [0.29, 0.717) is 24.3 Å². The van der Waals surface area contributed by atoms with Crippen LogP contribution in [0.3, 0.4) is 0 Å². The summed E-state index contributed by atoms with van der Waals surface area (Å²) in [5.41, 5.74) is -0.671. The van der Waals surface area contributed by atoms with E-state index in [9.17, 15) is 13.5 Å². The number of nitrogens with zero attached hydrogens (tertiary/aromatic N) is 1. The molecule has 0 saturated heterocycles. The average molecular weight is 308 g/mol. The summed E-state index contributed by atoms with van der Waals surface area (Å²) >= 11 is 0. The van der Waals surface area contributed by atoms with Crippen molar-refractivity contribution >= 4 is 10.0 Å². The lowest BCUT2D eigenvalue weighted by Gasteiger charge is -2.34. The molecule has 0 atom stereocenters. The molecule has 0 spiro atoms. The van der Waals surface area contributed by atoms with Gasteiger partial charge >= 0.3 is 0 Å². The molecule has 0 amide bonds. The Labute approximate surface area is 125 Å². The van der Waals surface area contributed by atoms with Crippen molar-refractivity contribution < 1.29 is 13.5 Å². The number of rotatable bonds is 4. The maximum Gasteiger partial charge on any atom is 0.240 e. The number of nitriles is 1. The monoisotopic (exact) mass is 308 g/mol. The zero-order chi connectivity index (χ0) is 15.5. The molecular formula is C15H20N2O3S. The van der Waals surface area contributed by atoms with Crippen LogP contribution in [0.25, 0.3) is 0 Å². The fourth-order valence-electron chi connectivity index (χ4n) is 2.52. The molecule has 1 aromatic rings. The van der Waals surface area contributed by atoms with Gasteiger partial charge in [-0.2, -0.15) is 5.26 Å². The number of hydrogen-bond donors (Lipinski definition) is 2. The summed E-state index contributed by atoms with van der Waals surface area (Å²) < 4.78 is 26.9. The molecule has 1 aromatic carbocycles. The van der Waals surface area contributed by atoms with Crippen molar-refractivity contribution in [1.82, 2.24) is 4.72 Å². The number of benzene rings is 1. The predicted molar refractivity (Wildman–Crippen MR) is 78.9 cm³/mol. The molecule has 2 N–H and O–H groups in total. The van der Waals surface area contributed by atoms with Crippen LogP contribution in [0, 0.1) is 17.2 Å². The minimum atomic E-state index is -3.71. The van der Waals surface area contributed by atoms with E-state index in [4.69, 9.17) is 5.26 Å². The summed E-state index contributed by atoms with van der Waals surface area (Å²) in [6.07, 6.45) is 3.02. The van der Waals surface area contributed by atoms with Crippen molar-refractivity contribution in [2.24, 2.45) is 5.92 Å². The number of sulfonamides is 1. The molecule has 1 fully saturated rings. The van der Waals surface area contributed by atoms with Crippen LogP contribution in [0.4, 0.5) is 0 Å². The first-order valence-electron chi connectivity index (χ1n) is 7.07. The van der Waals surface area contributed by atoms with E-state index in [-0.39, 0.29) is 11.4 Å². The predicted octanol–water partition coefficient (Wildman–Crippen LogP) is 1.78.